The topological polar surface area (TPSA) is 135 Å². The standard InChI is InChI=1S/C6H6O7/c7-3(8)1-2(5(10)11)4(9)6(12)13/h2H,1H2,(H,7,8)(H,10,11)(H,12,13)/p-2. The van der Waals surface area contributed by atoms with Crippen LogP contribution in [0.1, 0.15) is 6.42 Å². The first kappa shape index (κ1) is 11.1. The van der Waals surface area contributed by atoms with Gasteiger partial charge in [0.2, 0.25) is 5.78 Å². The Bertz CT molecular complexity index is 266. The molecule has 0 saturated heterocycles. The van der Waals surface area contributed by atoms with Crippen LogP contribution in [0.15, 0.2) is 0 Å². The second-order valence-electron chi connectivity index (χ2n) is 2.12. The number of rotatable bonds is 5. The molecule has 0 rings (SSSR count). The number of carbonyl (C=O) groups is 4. The molecule has 7 heteroatoms. The fourth-order valence-corrected chi connectivity index (χ4v) is 0.599. The van der Waals surface area contributed by atoms with Crippen LogP contribution in [0.4, 0.5) is 0 Å². The van der Waals surface area contributed by atoms with Crippen LogP contribution in [0.2, 0.25) is 0 Å². The molecule has 0 saturated carbocycles. The van der Waals surface area contributed by atoms with E-state index in [9.17, 15) is 29.4 Å². The van der Waals surface area contributed by atoms with Gasteiger partial charge in [0, 0.05) is 12.4 Å². The third kappa shape index (κ3) is 3.32. The summed E-state index contributed by atoms with van der Waals surface area (Å²) in [7, 11) is 0. The number of ketones is 1. The predicted octanol–water partition coefficient (Wildman–Crippen LogP) is -3.85. The van der Waals surface area contributed by atoms with Gasteiger partial charge < -0.3 is 24.9 Å². The first-order valence-corrected chi connectivity index (χ1v) is 3.04. The second kappa shape index (κ2) is 4.19. The van der Waals surface area contributed by atoms with Crippen LogP contribution in [-0.2, 0) is 19.2 Å². The van der Waals surface area contributed by atoms with Crippen LogP contribution in [0.3, 0.4) is 0 Å². The van der Waals surface area contributed by atoms with E-state index < -0.39 is 36.0 Å². The monoisotopic (exact) mass is 188 g/mol. The normalized spacial score (nSPS) is 11.7. The Kier molecular flexibility index (Phi) is 3.57. The van der Waals surface area contributed by atoms with Crippen molar-refractivity contribution in [3.05, 3.63) is 0 Å². The zero-order chi connectivity index (χ0) is 10.6. The van der Waals surface area contributed by atoms with Crippen molar-refractivity contribution in [2.24, 2.45) is 5.92 Å². The van der Waals surface area contributed by atoms with Gasteiger partial charge in [0.15, 0.2) is 0 Å². The van der Waals surface area contributed by atoms with Crippen LogP contribution < -0.4 is 10.2 Å². The van der Waals surface area contributed by atoms with Crippen molar-refractivity contribution in [1.29, 1.82) is 0 Å². The third-order valence-corrected chi connectivity index (χ3v) is 1.18. The Morgan fingerprint density at radius 3 is 1.85 bits per heavy atom. The highest BCUT2D eigenvalue weighted by Crippen LogP contribution is 2.02. The van der Waals surface area contributed by atoms with Gasteiger partial charge in [-0.05, 0) is 0 Å². The molecule has 0 radical (unpaired) electrons. The number of carboxylic acid groups (broad SMARTS) is 3. The molecule has 0 aromatic rings. The molecule has 0 aliphatic carbocycles. The summed E-state index contributed by atoms with van der Waals surface area (Å²) in [6, 6.07) is 0. The molecular formula is C6H4O7-2. The van der Waals surface area contributed by atoms with E-state index in [0.29, 0.717) is 0 Å². The Morgan fingerprint density at radius 2 is 1.62 bits per heavy atom. The second-order valence-corrected chi connectivity index (χ2v) is 2.12. The zero-order valence-corrected chi connectivity index (χ0v) is 6.18. The van der Waals surface area contributed by atoms with Gasteiger partial charge in [0.1, 0.15) is 0 Å². The minimum atomic E-state index is -2.19. The molecule has 0 amide bonds. The van der Waals surface area contributed by atoms with Gasteiger partial charge in [-0.1, -0.05) is 0 Å². The average Bonchev–Trinajstić information content (AvgIpc) is 1.97. The minimum absolute atomic E-state index is 1.20. The highest BCUT2D eigenvalue weighted by Gasteiger charge is 2.25. The molecule has 0 bridgehead atoms. The molecule has 0 fully saturated rings. The number of hydrogen-bond acceptors (Lipinski definition) is 6. The molecule has 0 aromatic heterocycles. The van der Waals surface area contributed by atoms with Crippen molar-refractivity contribution in [3.8, 4) is 0 Å². The average molecular weight is 188 g/mol. The lowest BCUT2D eigenvalue weighted by molar-refractivity contribution is -0.319. The molecule has 0 aliphatic rings. The SMILES string of the molecule is O=C([O-])CC(C(=O)[O-])C(=O)C(=O)O. The lowest BCUT2D eigenvalue weighted by atomic mass is 10.0. The maximum atomic E-state index is 10.5. The van der Waals surface area contributed by atoms with Crippen molar-refractivity contribution in [1.82, 2.24) is 0 Å². The van der Waals surface area contributed by atoms with E-state index in [1.165, 1.54) is 0 Å². The van der Waals surface area contributed by atoms with E-state index in [1.807, 2.05) is 0 Å². The highest BCUT2D eigenvalue weighted by molar-refractivity contribution is 6.37. The van der Waals surface area contributed by atoms with E-state index in [2.05, 4.69) is 0 Å². The van der Waals surface area contributed by atoms with Gasteiger partial charge in [0.05, 0.1) is 11.9 Å². The van der Waals surface area contributed by atoms with E-state index >= 15 is 0 Å². The third-order valence-electron chi connectivity index (χ3n) is 1.18. The van der Waals surface area contributed by atoms with Crippen LogP contribution in [0.5, 0.6) is 0 Å². The summed E-state index contributed by atoms with van der Waals surface area (Å²) in [4.78, 5) is 40.5. The number of Topliss-reactive ketones (excluding diaryl/α,β-unsaturated/α-hetero) is 1. The van der Waals surface area contributed by atoms with Crippen molar-refractivity contribution >= 4 is 23.7 Å². The van der Waals surface area contributed by atoms with Crippen molar-refractivity contribution in [2.75, 3.05) is 0 Å². The molecule has 13 heavy (non-hydrogen) atoms. The van der Waals surface area contributed by atoms with Gasteiger partial charge in [-0.15, -0.1) is 0 Å². The van der Waals surface area contributed by atoms with E-state index in [1.54, 1.807) is 0 Å². The maximum Gasteiger partial charge on any atom is 0.372 e. The summed E-state index contributed by atoms with van der Waals surface area (Å²) < 4.78 is 0. The first-order chi connectivity index (χ1) is 5.86. The maximum absolute atomic E-state index is 10.5. The lowest BCUT2D eigenvalue weighted by Crippen LogP contribution is -2.42. The minimum Gasteiger partial charge on any atom is -0.550 e. The molecule has 0 aromatic carbocycles. The fraction of sp³-hybridized carbons (Fsp3) is 0.333. The summed E-state index contributed by atoms with van der Waals surface area (Å²) in [5, 5.41) is 28.0. The van der Waals surface area contributed by atoms with Gasteiger partial charge in [-0.3, -0.25) is 4.79 Å². The molecule has 1 atom stereocenters. The predicted molar refractivity (Wildman–Crippen MR) is 30.8 cm³/mol. The van der Waals surface area contributed by atoms with Crippen molar-refractivity contribution in [3.63, 3.8) is 0 Å². The fourth-order valence-electron chi connectivity index (χ4n) is 0.599. The van der Waals surface area contributed by atoms with Gasteiger partial charge in [0.25, 0.3) is 0 Å². The zero-order valence-electron chi connectivity index (χ0n) is 6.18. The first-order valence-electron chi connectivity index (χ1n) is 3.04. The van der Waals surface area contributed by atoms with Gasteiger partial charge in [-0.2, -0.15) is 0 Å². The highest BCUT2D eigenvalue weighted by atomic mass is 16.4. The van der Waals surface area contributed by atoms with Crippen LogP contribution in [-0.4, -0.2) is 28.8 Å². The van der Waals surface area contributed by atoms with Crippen molar-refractivity contribution < 1.29 is 34.5 Å². The summed E-state index contributed by atoms with van der Waals surface area (Å²) in [5.41, 5.74) is 0. The molecule has 0 spiro atoms. The molecule has 0 aliphatic heterocycles. The smallest absolute Gasteiger partial charge is 0.372 e. The quantitative estimate of drug-likeness (QED) is 0.344. The molecular weight excluding hydrogens is 184 g/mol. The van der Waals surface area contributed by atoms with Crippen LogP contribution in [0, 0.1) is 5.92 Å². The van der Waals surface area contributed by atoms with E-state index in [0.717, 1.165) is 0 Å². The summed E-state index contributed by atoms with van der Waals surface area (Å²) in [5.74, 6) is -9.82. The van der Waals surface area contributed by atoms with Crippen molar-refractivity contribution in [2.45, 2.75) is 6.42 Å². The molecule has 0 heterocycles. The number of carbonyl (C=O) groups excluding carboxylic acids is 3. The molecule has 7 nitrogen and oxygen atoms in total. The number of aliphatic carboxylic acids is 3. The summed E-state index contributed by atoms with van der Waals surface area (Å²) >= 11 is 0. The Labute approximate surface area is 71.6 Å². The Hall–Kier alpha value is -1.92. The Balaban J connectivity index is 4.61. The van der Waals surface area contributed by atoms with E-state index in [4.69, 9.17) is 5.11 Å². The van der Waals surface area contributed by atoms with Gasteiger partial charge in [-0.25, -0.2) is 4.79 Å². The molecule has 1 N–H and O–H groups in total. The van der Waals surface area contributed by atoms with E-state index in [-0.39, 0.29) is 0 Å². The summed E-state index contributed by atoms with van der Waals surface area (Å²) in [6.07, 6.45) is -1.20. The van der Waals surface area contributed by atoms with Crippen LogP contribution >= 0.6 is 0 Å². The lowest BCUT2D eigenvalue weighted by Gasteiger charge is -2.14. The Morgan fingerprint density at radius 1 is 1.15 bits per heavy atom. The molecule has 72 valence electrons. The summed E-state index contributed by atoms with van der Waals surface area (Å²) in [6.45, 7) is 0. The number of hydrogen-bond donors (Lipinski definition) is 1. The molecule has 1 unspecified atom stereocenters. The van der Waals surface area contributed by atoms with Crippen LogP contribution in [0.25, 0.3) is 0 Å². The van der Waals surface area contributed by atoms with Gasteiger partial charge >= 0.3 is 5.97 Å². The number of carboxylic acids is 3. The largest absolute Gasteiger partial charge is 0.550 e.